The van der Waals surface area contributed by atoms with Crippen LogP contribution >= 0.6 is 11.8 Å². The highest BCUT2D eigenvalue weighted by Crippen LogP contribution is 2.38. The van der Waals surface area contributed by atoms with Gasteiger partial charge in [0.05, 0.1) is 0 Å². The third-order valence-corrected chi connectivity index (χ3v) is 7.53. The molecule has 0 aliphatic carbocycles. The molecule has 0 aliphatic rings. The monoisotopic (exact) mass is 454 g/mol. The molecule has 31 heavy (non-hydrogen) atoms. The van der Waals surface area contributed by atoms with E-state index in [4.69, 9.17) is 0 Å². The lowest BCUT2D eigenvalue weighted by atomic mass is 9.97. The van der Waals surface area contributed by atoms with Gasteiger partial charge in [-0.05, 0) is 53.5 Å². The number of nitrogens with one attached hydrogen (secondary N) is 2. The van der Waals surface area contributed by atoms with Crippen LogP contribution in [0.25, 0.3) is 11.1 Å². The Morgan fingerprint density at radius 1 is 1.00 bits per heavy atom. The van der Waals surface area contributed by atoms with Crippen molar-refractivity contribution < 1.29 is 13.2 Å². The fourth-order valence-corrected chi connectivity index (χ4v) is 6.19. The zero-order valence-electron chi connectivity index (χ0n) is 17.8. The van der Waals surface area contributed by atoms with Crippen LogP contribution in [0, 0.1) is 6.92 Å². The van der Waals surface area contributed by atoms with Gasteiger partial charge in [0.2, 0.25) is 0 Å². The summed E-state index contributed by atoms with van der Waals surface area (Å²) in [5.41, 5.74) is 4.22. The summed E-state index contributed by atoms with van der Waals surface area (Å²) in [6.07, 6.45) is 2.53. The fourth-order valence-electron chi connectivity index (χ4n) is 3.50. The van der Waals surface area contributed by atoms with Crippen LogP contribution in [-0.2, 0) is 23.0 Å². The maximum absolute atomic E-state index is 13.3. The Morgan fingerprint density at radius 2 is 1.61 bits per heavy atom. The van der Waals surface area contributed by atoms with E-state index in [9.17, 15) is 13.2 Å². The van der Waals surface area contributed by atoms with Crippen LogP contribution in [0.1, 0.15) is 23.6 Å². The minimum Gasteiger partial charge on any atom is -0.333 e. The predicted octanol–water partition coefficient (Wildman–Crippen LogP) is 5.13. The number of amides is 2. The summed E-state index contributed by atoms with van der Waals surface area (Å²) in [5.74, 6) is 0. The zero-order valence-corrected chi connectivity index (χ0v) is 19.4. The van der Waals surface area contributed by atoms with Crippen LogP contribution in [0.15, 0.2) is 76.5 Å². The van der Waals surface area contributed by atoms with Gasteiger partial charge in [-0.1, -0.05) is 67.6 Å². The minimum atomic E-state index is -4.08. The number of hydrogen-bond acceptors (Lipinski definition) is 4. The van der Waals surface area contributed by atoms with Crippen molar-refractivity contribution in [1.82, 2.24) is 10.0 Å². The van der Waals surface area contributed by atoms with Gasteiger partial charge in [0, 0.05) is 11.4 Å². The summed E-state index contributed by atoms with van der Waals surface area (Å²) < 4.78 is 28.8. The smallest absolute Gasteiger partial charge is 0.328 e. The van der Waals surface area contributed by atoms with E-state index in [2.05, 4.69) is 10.0 Å². The number of carbonyl (C=O) groups excluding carboxylic acids is 1. The molecular weight excluding hydrogens is 428 g/mol. The molecule has 3 aromatic rings. The molecule has 7 heteroatoms. The molecule has 0 bridgehead atoms. The van der Waals surface area contributed by atoms with Crippen LogP contribution < -0.4 is 10.0 Å². The van der Waals surface area contributed by atoms with Gasteiger partial charge in [-0.25, -0.2) is 17.9 Å². The van der Waals surface area contributed by atoms with E-state index < -0.39 is 16.1 Å². The van der Waals surface area contributed by atoms with Crippen molar-refractivity contribution in [3.05, 3.63) is 83.4 Å². The fraction of sp³-hybridized carbons (Fsp3) is 0.208. The van der Waals surface area contributed by atoms with Crippen molar-refractivity contribution in [2.45, 2.75) is 36.6 Å². The van der Waals surface area contributed by atoms with Gasteiger partial charge in [0.1, 0.15) is 4.90 Å². The van der Waals surface area contributed by atoms with Gasteiger partial charge in [-0.2, -0.15) is 0 Å². The molecular formula is C24H26N2O3S2. The van der Waals surface area contributed by atoms with Crippen molar-refractivity contribution in [3.8, 4) is 11.1 Å². The Kier molecular flexibility index (Phi) is 7.41. The Labute approximate surface area is 188 Å². The number of urea groups is 1. The Hall–Kier alpha value is -2.77. The first-order chi connectivity index (χ1) is 14.9. The number of carbonyl (C=O) groups is 1. The number of hydrogen-bond donors (Lipinski definition) is 2. The summed E-state index contributed by atoms with van der Waals surface area (Å²) in [7, 11) is -4.08. The molecule has 0 aliphatic heterocycles. The molecule has 0 aromatic heterocycles. The maximum atomic E-state index is 13.3. The molecule has 5 nitrogen and oxygen atoms in total. The van der Waals surface area contributed by atoms with Crippen molar-refractivity contribution in [2.75, 3.05) is 6.26 Å². The largest absolute Gasteiger partial charge is 0.333 e. The van der Waals surface area contributed by atoms with Crippen LogP contribution in [0.5, 0.6) is 0 Å². The van der Waals surface area contributed by atoms with Gasteiger partial charge in [0.15, 0.2) is 0 Å². The van der Waals surface area contributed by atoms with E-state index in [1.54, 1.807) is 6.92 Å². The van der Waals surface area contributed by atoms with Crippen molar-refractivity contribution in [1.29, 1.82) is 0 Å². The van der Waals surface area contributed by atoms with Gasteiger partial charge < -0.3 is 5.32 Å². The second kappa shape index (κ2) is 10.0. The normalized spacial score (nSPS) is 11.2. The topological polar surface area (TPSA) is 75.3 Å². The molecule has 2 N–H and O–H groups in total. The summed E-state index contributed by atoms with van der Waals surface area (Å²) >= 11 is 1.38. The molecule has 3 rings (SSSR count). The first-order valence-electron chi connectivity index (χ1n) is 9.97. The molecule has 2 amide bonds. The number of aryl methyl sites for hydroxylation is 1. The quantitative estimate of drug-likeness (QED) is 0.485. The minimum absolute atomic E-state index is 0.160. The Morgan fingerprint density at radius 3 is 2.19 bits per heavy atom. The highest BCUT2D eigenvalue weighted by Gasteiger charge is 2.27. The van der Waals surface area contributed by atoms with Crippen LogP contribution in [-0.4, -0.2) is 20.7 Å². The molecule has 0 atom stereocenters. The second-order valence-electron chi connectivity index (χ2n) is 7.06. The predicted molar refractivity (Wildman–Crippen MR) is 127 cm³/mol. The molecule has 0 saturated carbocycles. The first kappa shape index (κ1) is 22.9. The van der Waals surface area contributed by atoms with Crippen LogP contribution in [0.4, 0.5) is 4.79 Å². The van der Waals surface area contributed by atoms with Crippen molar-refractivity contribution in [2.24, 2.45) is 0 Å². The summed E-state index contributed by atoms with van der Waals surface area (Å²) in [4.78, 5) is 13.2. The molecule has 162 valence electrons. The number of sulfonamides is 1. The van der Waals surface area contributed by atoms with E-state index in [1.165, 1.54) is 11.8 Å². The second-order valence-corrected chi connectivity index (χ2v) is 9.50. The number of rotatable bonds is 7. The van der Waals surface area contributed by atoms with Crippen molar-refractivity contribution >= 4 is 27.8 Å². The molecule has 0 saturated heterocycles. The van der Waals surface area contributed by atoms with Gasteiger partial charge in [0.25, 0.3) is 10.0 Å². The van der Waals surface area contributed by atoms with Gasteiger partial charge in [-0.15, -0.1) is 11.8 Å². The van der Waals surface area contributed by atoms with E-state index in [1.807, 2.05) is 79.9 Å². The molecule has 0 radical (unpaired) electrons. The lowest BCUT2D eigenvalue weighted by Crippen LogP contribution is -2.39. The molecule has 0 spiro atoms. The molecule has 0 fully saturated rings. The lowest BCUT2D eigenvalue weighted by Gasteiger charge is -2.20. The lowest BCUT2D eigenvalue weighted by molar-refractivity contribution is 0.245. The highest BCUT2D eigenvalue weighted by atomic mass is 32.2. The molecule has 0 heterocycles. The van der Waals surface area contributed by atoms with E-state index in [-0.39, 0.29) is 11.4 Å². The zero-order chi connectivity index (χ0) is 22.4. The molecule has 0 unspecified atom stereocenters. The van der Waals surface area contributed by atoms with Crippen LogP contribution in [0.3, 0.4) is 0 Å². The summed E-state index contributed by atoms with van der Waals surface area (Å²) in [5, 5.41) is 2.62. The van der Waals surface area contributed by atoms with Crippen molar-refractivity contribution in [3.63, 3.8) is 0 Å². The third kappa shape index (κ3) is 5.29. The van der Waals surface area contributed by atoms with Gasteiger partial charge >= 0.3 is 6.03 Å². The molecule has 3 aromatic carbocycles. The summed E-state index contributed by atoms with van der Waals surface area (Å²) in [6.45, 7) is 4.02. The highest BCUT2D eigenvalue weighted by molar-refractivity contribution is 7.99. The average molecular weight is 455 g/mol. The van der Waals surface area contributed by atoms with E-state index in [0.29, 0.717) is 16.9 Å². The maximum Gasteiger partial charge on any atom is 0.328 e. The number of benzene rings is 3. The van der Waals surface area contributed by atoms with Gasteiger partial charge in [-0.3, -0.25) is 0 Å². The summed E-state index contributed by atoms with van der Waals surface area (Å²) in [6, 6.07) is 20.3. The third-order valence-electron chi connectivity index (χ3n) is 5.02. The average Bonchev–Trinajstić information content (AvgIpc) is 2.78. The Bertz CT molecular complexity index is 1160. The standard InChI is InChI=1S/C24H26N2O3S2/c1-4-19-15-21(20-13-9-6-10-14-20)17(2)23(22(19)30-3)31(28,29)26-24(27)25-16-18-11-7-5-8-12-18/h5-15H,4,16H2,1-3H3,(H2,25,26,27). The van der Waals surface area contributed by atoms with E-state index >= 15 is 0 Å². The Balaban J connectivity index is 1.98. The number of thioether (sulfide) groups is 1. The van der Waals surface area contributed by atoms with Crippen LogP contribution in [0.2, 0.25) is 0 Å². The van der Waals surface area contributed by atoms with E-state index in [0.717, 1.165) is 22.3 Å². The SMILES string of the molecule is CCc1cc(-c2ccccc2)c(C)c(S(=O)(=O)NC(=O)NCc2ccccc2)c1SC. The first-order valence-corrected chi connectivity index (χ1v) is 12.7.